The van der Waals surface area contributed by atoms with Crippen LogP contribution in [0.3, 0.4) is 0 Å². The van der Waals surface area contributed by atoms with Crippen molar-refractivity contribution in [2.75, 3.05) is 18.5 Å². The lowest BCUT2D eigenvalue weighted by Crippen LogP contribution is -2.31. The van der Waals surface area contributed by atoms with E-state index in [1.807, 2.05) is 12.1 Å². The van der Waals surface area contributed by atoms with Gasteiger partial charge in [0.15, 0.2) is 0 Å². The second-order valence-electron chi connectivity index (χ2n) is 3.47. The third-order valence-corrected chi connectivity index (χ3v) is 2.14. The first-order valence-corrected chi connectivity index (χ1v) is 4.78. The number of hydrogen-bond acceptors (Lipinski definition) is 3. The van der Waals surface area contributed by atoms with Crippen LogP contribution in [-0.2, 0) is 0 Å². The zero-order chi connectivity index (χ0) is 11.6. The predicted octanol–water partition coefficient (Wildman–Crippen LogP) is 1.60. The molecule has 0 atom stereocenters. The van der Waals surface area contributed by atoms with Crippen molar-refractivity contribution in [2.24, 2.45) is 0 Å². The highest BCUT2D eigenvalue weighted by molar-refractivity contribution is 5.77. The van der Waals surface area contributed by atoms with Crippen molar-refractivity contribution in [2.45, 2.75) is 5.92 Å². The molecule has 0 unspecified atom stereocenters. The number of para-hydroxylation sites is 2. The summed E-state index contributed by atoms with van der Waals surface area (Å²) in [5, 5.41) is 10.8. The van der Waals surface area contributed by atoms with Gasteiger partial charge in [-0.25, -0.2) is 13.8 Å². The Morgan fingerprint density at radius 1 is 1.38 bits per heavy atom. The molecule has 1 aromatic carbocycles. The molecule has 16 heavy (non-hydrogen) atoms. The minimum Gasteiger partial charge on any atom is -0.390 e. The number of fused-ring (bicyclic) bond motifs is 1. The van der Waals surface area contributed by atoms with Gasteiger partial charge in [-0.2, -0.15) is 0 Å². The Labute approximate surface area is 90.3 Å². The monoisotopic (exact) mass is 227 g/mol. The number of imidazole rings is 1. The fraction of sp³-hybridized carbons (Fsp3) is 0.300. The van der Waals surface area contributed by atoms with Crippen molar-refractivity contribution in [1.82, 2.24) is 9.97 Å². The van der Waals surface area contributed by atoms with E-state index in [4.69, 9.17) is 5.11 Å². The third-order valence-electron chi connectivity index (χ3n) is 2.14. The first kappa shape index (κ1) is 10.8. The molecule has 86 valence electrons. The summed E-state index contributed by atoms with van der Waals surface area (Å²) in [5.74, 6) is -2.87. The van der Waals surface area contributed by atoms with E-state index in [2.05, 4.69) is 15.3 Å². The zero-order valence-corrected chi connectivity index (χ0v) is 8.37. The lowest BCUT2D eigenvalue weighted by molar-refractivity contribution is -0.0373. The molecule has 3 N–H and O–H groups in total. The van der Waals surface area contributed by atoms with Crippen molar-refractivity contribution in [3.05, 3.63) is 24.3 Å². The van der Waals surface area contributed by atoms with E-state index < -0.39 is 19.1 Å². The van der Waals surface area contributed by atoms with E-state index in [9.17, 15) is 8.78 Å². The number of aliphatic hydroxyl groups excluding tert-OH is 1. The number of anilines is 1. The molecule has 0 amide bonds. The van der Waals surface area contributed by atoms with Crippen LogP contribution >= 0.6 is 0 Å². The summed E-state index contributed by atoms with van der Waals surface area (Å²) in [6.45, 7) is -1.83. The second-order valence-corrected chi connectivity index (χ2v) is 3.47. The summed E-state index contributed by atoms with van der Waals surface area (Å²) in [5.41, 5.74) is 1.48. The van der Waals surface area contributed by atoms with Crippen molar-refractivity contribution < 1.29 is 13.9 Å². The molecule has 0 bridgehead atoms. The minimum atomic E-state index is -3.14. The lowest BCUT2D eigenvalue weighted by atomic mass is 10.3. The van der Waals surface area contributed by atoms with Gasteiger partial charge in [0.2, 0.25) is 5.95 Å². The molecule has 0 aliphatic carbocycles. The zero-order valence-electron chi connectivity index (χ0n) is 8.37. The van der Waals surface area contributed by atoms with Crippen molar-refractivity contribution in [1.29, 1.82) is 0 Å². The molecular formula is C10H11F2N3O. The minimum absolute atomic E-state index is 0.273. The molecule has 0 radical (unpaired) electrons. The van der Waals surface area contributed by atoms with Crippen LogP contribution in [0.15, 0.2) is 24.3 Å². The van der Waals surface area contributed by atoms with Crippen LogP contribution in [-0.4, -0.2) is 34.1 Å². The lowest BCUT2D eigenvalue weighted by Gasteiger charge is -2.12. The van der Waals surface area contributed by atoms with Gasteiger partial charge in [-0.1, -0.05) is 12.1 Å². The number of aromatic amines is 1. The average molecular weight is 227 g/mol. The number of alkyl halides is 2. The highest BCUT2D eigenvalue weighted by Gasteiger charge is 2.27. The molecule has 2 aromatic rings. The van der Waals surface area contributed by atoms with Crippen molar-refractivity contribution in [3.63, 3.8) is 0 Å². The molecule has 1 heterocycles. The summed E-state index contributed by atoms with van der Waals surface area (Å²) in [6, 6.07) is 7.22. The standard InChI is InChI=1S/C10H11F2N3O/c11-10(12,6-16)5-13-9-14-7-3-1-2-4-8(7)15-9/h1-4,16H,5-6H2,(H2,13,14,15). The summed E-state index contributed by atoms with van der Waals surface area (Å²) in [4.78, 5) is 6.92. The number of nitrogens with one attached hydrogen (secondary N) is 2. The average Bonchev–Trinajstić information content (AvgIpc) is 2.69. The van der Waals surface area contributed by atoms with Gasteiger partial charge in [0.1, 0.15) is 6.61 Å². The molecule has 0 aliphatic rings. The number of halogens is 2. The topological polar surface area (TPSA) is 60.9 Å². The van der Waals surface area contributed by atoms with Crippen LogP contribution in [0, 0.1) is 0 Å². The molecule has 0 spiro atoms. The van der Waals surface area contributed by atoms with Gasteiger partial charge in [0.25, 0.3) is 5.92 Å². The summed E-state index contributed by atoms with van der Waals surface area (Å²) < 4.78 is 25.5. The van der Waals surface area contributed by atoms with Gasteiger partial charge in [-0.3, -0.25) is 0 Å². The van der Waals surface area contributed by atoms with Gasteiger partial charge < -0.3 is 15.4 Å². The van der Waals surface area contributed by atoms with Gasteiger partial charge in [0.05, 0.1) is 17.6 Å². The van der Waals surface area contributed by atoms with E-state index >= 15 is 0 Å². The Morgan fingerprint density at radius 2 is 2.12 bits per heavy atom. The Bertz CT molecular complexity index is 451. The van der Waals surface area contributed by atoms with E-state index in [0.717, 1.165) is 5.52 Å². The molecule has 0 saturated heterocycles. The van der Waals surface area contributed by atoms with E-state index in [1.165, 1.54) is 0 Å². The first-order valence-electron chi connectivity index (χ1n) is 4.78. The Hall–Kier alpha value is -1.69. The molecule has 0 fully saturated rings. The molecule has 0 aliphatic heterocycles. The summed E-state index contributed by atoms with van der Waals surface area (Å²) >= 11 is 0. The fourth-order valence-electron chi connectivity index (χ4n) is 1.31. The van der Waals surface area contributed by atoms with Crippen LogP contribution in [0.4, 0.5) is 14.7 Å². The number of hydrogen-bond donors (Lipinski definition) is 3. The maximum atomic E-state index is 12.7. The van der Waals surface area contributed by atoms with Crippen molar-refractivity contribution >= 4 is 17.0 Å². The van der Waals surface area contributed by atoms with Crippen LogP contribution in [0.25, 0.3) is 11.0 Å². The van der Waals surface area contributed by atoms with Crippen LogP contribution in [0.5, 0.6) is 0 Å². The molecule has 2 rings (SSSR count). The number of H-pyrrole nitrogens is 1. The molecular weight excluding hydrogens is 216 g/mol. The summed E-state index contributed by atoms with van der Waals surface area (Å²) in [7, 11) is 0. The quantitative estimate of drug-likeness (QED) is 0.743. The smallest absolute Gasteiger partial charge is 0.287 e. The highest BCUT2D eigenvalue weighted by atomic mass is 19.3. The van der Waals surface area contributed by atoms with E-state index in [-0.39, 0.29) is 5.95 Å². The van der Waals surface area contributed by atoms with Gasteiger partial charge in [-0.05, 0) is 12.1 Å². The molecule has 4 nitrogen and oxygen atoms in total. The maximum absolute atomic E-state index is 12.7. The van der Waals surface area contributed by atoms with Crippen LogP contribution in [0.2, 0.25) is 0 Å². The predicted molar refractivity (Wildman–Crippen MR) is 56.6 cm³/mol. The number of nitrogens with zero attached hydrogens (tertiary/aromatic N) is 1. The Kier molecular flexibility index (Phi) is 2.74. The van der Waals surface area contributed by atoms with E-state index in [1.54, 1.807) is 12.1 Å². The van der Waals surface area contributed by atoms with Crippen LogP contribution in [0.1, 0.15) is 0 Å². The Morgan fingerprint density at radius 3 is 2.81 bits per heavy atom. The van der Waals surface area contributed by atoms with Crippen molar-refractivity contribution in [3.8, 4) is 0 Å². The van der Waals surface area contributed by atoms with Gasteiger partial charge >= 0.3 is 0 Å². The van der Waals surface area contributed by atoms with Gasteiger partial charge in [-0.15, -0.1) is 0 Å². The number of aliphatic hydroxyl groups is 1. The summed E-state index contributed by atoms with van der Waals surface area (Å²) in [6.07, 6.45) is 0. The number of benzene rings is 1. The third kappa shape index (κ3) is 2.27. The second kappa shape index (κ2) is 4.05. The molecule has 1 aromatic heterocycles. The highest BCUT2D eigenvalue weighted by Crippen LogP contribution is 2.16. The van der Waals surface area contributed by atoms with Crippen LogP contribution < -0.4 is 5.32 Å². The SMILES string of the molecule is OCC(F)(F)CNc1nc2ccccc2[nH]1. The van der Waals surface area contributed by atoms with Gasteiger partial charge in [0, 0.05) is 0 Å². The first-order chi connectivity index (χ1) is 7.61. The molecule has 0 saturated carbocycles. The fourth-order valence-corrected chi connectivity index (χ4v) is 1.31. The normalized spacial score (nSPS) is 11.9. The largest absolute Gasteiger partial charge is 0.390 e. The number of rotatable bonds is 4. The Balaban J connectivity index is 2.10. The van der Waals surface area contributed by atoms with E-state index in [0.29, 0.717) is 5.52 Å². The molecule has 6 heteroatoms. The number of aromatic nitrogens is 2. The maximum Gasteiger partial charge on any atom is 0.287 e.